The van der Waals surface area contributed by atoms with E-state index in [-0.39, 0.29) is 0 Å². The molecule has 4 nitrogen and oxygen atoms in total. The molecule has 0 atom stereocenters. The lowest BCUT2D eigenvalue weighted by Gasteiger charge is -2.04. The van der Waals surface area contributed by atoms with Crippen LogP contribution in [0.15, 0.2) is 48.8 Å². The monoisotopic (exact) mass is 264 g/mol. The van der Waals surface area contributed by atoms with E-state index in [0.29, 0.717) is 18.3 Å². The summed E-state index contributed by atoms with van der Waals surface area (Å²) in [5, 5.41) is 0.801. The van der Waals surface area contributed by atoms with Gasteiger partial charge in [0.1, 0.15) is 0 Å². The van der Waals surface area contributed by atoms with Gasteiger partial charge in [0.15, 0.2) is 6.29 Å². The van der Waals surface area contributed by atoms with Crippen LogP contribution in [0.25, 0.3) is 10.9 Å². The fourth-order valence-electron chi connectivity index (χ4n) is 2.36. The van der Waals surface area contributed by atoms with Crippen LogP contribution in [0.4, 0.5) is 0 Å². The van der Waals surface area contributed by atoms with Crippen molar-refractivity contribution >= 4 is 23.0 Å². The van der Waals surface area contributed by atoms with Crippen molar-refractivity contribution in [2.75, 3.05) is 0 Å². The molecule has 1 N–H and O–H groups in total. The van der Waals surface area contributed by atoms with E-state index in [0.717, 1.165) is 22.2 Å². The zero-order chi connectivity index (χ0) is 13.9. The second-order valence-electron chi connectivity index (χ2n) is 4.52. The Bertz CT molecular complexity index is 776. The highest BCUT2D eigenvalue weighted by Gasteiger charge is 2.14. The van der Waals surface area contributed by atoms with Gasteiger partial charge in [0.05, 0.1) is 5.56 Å². The van der Waals surface area contributed by atoms with Crippen LogP contribution >= 0.6 is 0 Å². The number of nitrogens with zero attached hydrogens (tertiary/aromatic N) is 1. The number of hydrogen-bond donors (Lipinski definition) is 1. The summed E-state index contributed by atoms with van der Waals surface area (Å²) in [5.74, 6) is -0.510. The summed E-state index contributed by atoms with van der Waals surface area (Å²) >= 11 is 0. The van der Waals surface area contributed by atoms with E-state index in [4.69, 9.17) is 0 Å². The first-order valence-electron chi connectivity index (χ1n) is 6.28. The lowest BCUT2D eigenvalue weighted by molar-refractivity contribution is -0.104. The van der Waals surface area contributed by atoms with Crippen LogP contribution in [0.1, 0.15) is 21.6 Å². The summed E-state index contributed by atoms with van der Waals surface area (Å²) in [6.07, 6.45) is 4.29. The summed E-state index contributed by atoms with van der Waals surface area (Å²) < 4.78 is 0. The third-order valence-corrected chi connectivity index (χ3v) is 3.26. The number of fused-ring (bicyclic) bond motifs is 1. The molecular weight excluding hydrogens is 252 g/mol. The Kier molecular flexibility index (Phi) is 3.13. The normalized spacial score (nSPS) is 10.6. The van der Waals surface area contributed by atoms with E-state index < -0.39 is 5.78 Å². The molecule has 2 aromatic heterocycles. The summed E-state index contributed by atoms with van der Waals surface area (Å²) in [6.45, 7) is 0. The molecule has 0 aliphatic heterocycles. The molecule has 0 saturated carbocycles. The molecule has 2 heterocycles. The molecule has 1 aromatic carbocycles. The number of H-pyrrole nitrogens is 1. The minimum absolute atomic E-state index is 0.347. The molecular formula is C16H12N2O2. The molecule has 0 aliphatic carbocycles. The van der Waals surface area contributed by atoms with Gasteiger partial charge in [-0.25, -0.2) is 0 Å². The van der Waals surface area contributed by atoms with Gasteiger partial charge in [0, 0.05) is 35.4 Å². The Hall–Kier alpha value is -2.75. The van der Waals surface area contributed by atoms with E-state index in [1.807, 2.05) is 36.4 Å². The topological polar surface area (TPSA) is 62.8 Å². The fraction of sp³-hybridized carbons (Fsp3) is 0.0625. The molecule has 3 rings (SSSR count). The largest absolute Gasteiger partial charge is 0.360 e. The van der Waals surface area contributed by atoms with Crippen LogP contribution in [0.5, 0.6) is 0 Å². The Labute approximate surface area is 115 Å². The Balaban J connectivity index is 2.13. The van der Waals surface area contributed by atoms with E-state index in [2.05, 4.69) is 9.97 Å². The first-order valence-corrected chi connectivity index (χ1v) is 6.28. The number of aromatic nitrogens is 2. The molecule has 98 valence electrons. The minimum atomic E-state index is -0.510. The highest BCUT2D eigenvalue weighted by Crippen LogP contribution is 2.24. The van der Waals surface area contributed by atoms with Crippen LogP contribution in [0.2, 0.25) is 0 Å². The number of pyridine rings is 1. The van der Waals surface area contributed by atoms with Gasteiger partial charge in [-0.1, -0.05) is 18.2 Å². The van der Waals surface area contributed by atoms with Gasteiger partial charge in [-0.15, -0.1) is 0 Å². The molecule has 3 aromatic rings. The predicted octanol–water partition coefficient (Wildman–Crippen LogP) is 2.54. The molecule has 0 radical (unpaired) electrons. The number of hydrogen-bond acceptors (Lipinski definition) is 3. The molecule has 0 unspecified atom stereocenters. The summed E-state index contributed by atoms with van der Waals surface area (Å²) in [4.78, 5) is 29.8. The van der Waals surface area contributed by atoms with Crippen molar-refractivity contribution in [1.82, 2.24) is 9.97 Å². The quantitative estimate of drug-likeness (QED) is 0.447. The molecule has 0 bridgehead atoms. The third-order valence-electron chi connectivity index (χ3n) is 3.26. The van der Waals surface area contributed by atoms with E-state index in [1.54, 1.807) is 12.4 Å². The van der Waals surface area contributed by atoms with E-state index >= 15 is 0 Å². The predicted molar refractivity (Wildman–Crippen MR) is 75.7 cm³/mol. The maximum atomic E-state index is 11.7. The molecule has 0 fully saturated rings. The molecule has 0 aliphatic rings. The molecule has 0 amide bonds. The highest BCUT2D eigenvalue weighted by molar-refractivity contribution is 6.36. The fourth-order valence-corrected chi connectivity index (χ4v) is 2.36. The van der Waals surface area contributed by atoms with Gasteiger partial charge in [-0.3, -0.25) is 14.6 Å². The second-order valence-corrected chi connectivity index (χ2v) is 4.52. The Morgan fingerprint density at radius 2 is 2.10 bits per heavy atom. The minimum Gasteiger partial charge on any atom is -0.360 e. The standard InChI is InChI=1S/C16H12N2O2/c19-10-15(20)13-9-18-14-6-3-4-11(16(13)14)8-12-5-1-2-7-17-12/h1-7,9-10,18H,8H2. The van der Waals surface area contributed by atoms with Crippen molar-refractivity contribution in [3.05, 3.63) is 65.6 Å². The second kappa shape index (κ2) is 5.09. The number of aldehydes is 1. The van der Waals surface area contributed by atoms with Gasteiger partial charge in [-0.2, -0.15) is 0 Å². The molecule has 4 heteroatoms. The van der Waals surface area contributed by atoms with E-state index in [1.165, 1.54) is 0 Å². The number of Topliss-reactive ketones (excluding diaryl/α,β-unsaturated/α-hetero) is 1. The van der Waals surface area contributed by atoms with Crippen molar-refractivity contribution in [3.8, 4) is 0 Å². The van der Waals surface area contributed by atoms with Crippen LogP contribution in [0.3, 0.4) is 0 Å². The van der Waals surface area contributed by atoms with Crippen molar-refractivity contribution in [2.24, 2.45) is 0 Å². The maximum Gasteiger partial charge on any atom is 0.227 e. The van der Waals surface area contributed by atoms with Gasteiger partial charge >= 0.3 is 0 Å². The average Bonchev–Trinajstić information content (AvgIpc) is 2.93. The zero-order valence-corrected chi connectivity index (χ0v) is 10.7. The number of nitrogens with one attached hydrogen (secondary N) is 1. The highest BCUT2D eigenvalue weighted by atomic mass is 16.2. The van der Waals surface area contributed by atoms with Gasteiger partial charge in [0.2, 0.25) is 5.78 Å². The van der Waals surface area contributed by atoms with Crippen molar-refractivity contribution < 1.29 is 9.59 Å². The molecule has 0 spiro atoms. The molecule has 20 heavy (non-hydrogen) atoms. The lowest BCUT2D eigenvalue weighted by Crippen LogP contribution is -2.00. The number of benzene rings is 1. The summed E-state index contributed by atoms with van der Waals surface area (Å²) in [6, 6.07) is 11.5. The number of aromatic amines is 1. The van der Waals surface area contributed by atoms with Crippen molar-refractivity contribution in [1.29, 1.82) is 0 Å². The van der Waals surface area contributed by atoms with Crippen LogP contribution in [-0.4, -0.2) is 22.0 Å². The summed E-state index contributed by atoms with van der Waals surface area (Å²) in [7, 11) is 0. The van der Waals surface area contributed by atoms with Crippen LogP contribution in [0, 0.1) is 0 Å². The zero-order valence-electron chi connectivity index (χ0n) is 10.7. The number of ketones is 1. The maximum absolute atomic E-state index is 11.7. The first kappa shape index (κ1) is 12.3. The Morgan fingerprint density at radius 1 is 1.20 bits per heavy atom. The third kappa shape index (κ3) is 2.12. The van der Waals surface area contributed by atoms with Crippen molar-refractivity contribution in [2.45, 2.75) is 6.42 Å². The first-order chi connectivity index (χ1) is 9.79. The summed E-state index contributed by atoms with van der Waals surface area (Å²) in [5.41, 5.74) is 3.17. The van der Waals surface area contributed by atoms with Crippen molar-refractivity contribution in [3.63, 3.8) is 0 Å². The SMILES string of the molecule is O=CC(=O)c1c[nH]c2cccc(Cc3ccccn3)c12. The number of carbonyl (C=O) groups excluding carboxylic acids is 2. The smallest absolute Gasteiger partial charge is 0.227 e. The van der Waals surface area contributed by atoms with Gasteiger partial charge in [-0.05, 0) is 23.8 Å². The Morgan fingerprint density at radius 3 is 2.85 bits per heavy atom. The lowest BCUT2D eigenvalue weighted by atomic mass is 10.0. The molecule has 0 saturated heterocycles. The number of carbonyl (C=O) groups is 2. The van der Waals surface area contributed by atoms with Gasteiger partial charge in [0.25, 0.3) is 0 Å². The van der Waals surface area contributed by atoms with Crippen LogP contribution < -0.4 is 0 Å². The number of rotatable bonds is 4. The van der Waals surface area contributed by atoms with Gasteiger partial charge < -0.3 is 4.98 Å². The average molecular weight is 264 g/mol. The van der Waals surface area contributed by atoms with E-state index in [9.17, 15) is 9.59 Å². The van der Waals surface area contributed by atoms with Crippen LogP contribution in [-0.2, 0) is 11.2 Å².